The van der Waals surface area contributed by atoms with E-state index in [4.69, 9.17) is 10.3 Å². The van der Waals surface area contributed by atoms with Crippen molar-refractivity contribution in [3.63, 3.8) is 0 Å². The molecule has 1 aromatic rings. The lowest BCUT2D eigenvalue weighted by Crippen LogP contribution is -2.43. The first-order chi connectivity index (χ1) is 8.60. The van der Waals surface area contributed by atoms with Gasteiger partial charge in [0.05, 0.1) is 6.54 Å². The SMILES string of the molecule is Cc1cc(=O)n(C(=O)CN2CCCC(CN)C2)o1. The lowest BCUT2D eigenvalue weighted by atomic mass is 9.98. The van der Waals surface area contributed by atoms with Gasteiger partial charge >= 0.3 is 0 Å². The standard InChI is InChI=1S/C12H19N3O3/c1-9-5-11(16)15(18-9)12(17)8-14-4-2-3-10(6-13)7-14/h5,10H,2-4,6-8,13H2,1H3. The highest BCUT2D eigenvalue weighted by atomic mass is 16.5. The lowest BCUT2D eigenvalue weighted by molar-refractivity contribution is 0.0677. The van der Waals surface area contributed by atoms with Crippen molar-refractivity contribution >= 4 is 5.91 Å². The Morgan fingerprint density at radius 3 is 3.00 bits per heavy atom. The number of carbonyl (C=O) groups excluding carboxylic acids is 1. The van der Waals surface area contributed by atoms with Gasteiger partial charge in [-0.1, -0.05) is 0 Å². The number of carbonyl (C=O) groups is 1. The molecule has 0 bridgehead atoms. The zero-order valence-electron chi connectivity index (χ0n) is 10.6. The van der Waals surface area contributed by atoms with Crippen LogP contribution in [0.5, 0.6) is 0 Å². The van der Waals surface area contributed by atoms with E-state index < -0.39 is 5.56 Å². The number of aromatic nitrogens is 1. The van der Waals surface area contributed by atoms with Gasteiger partial charge in [0.2, 0.25) is 0 Å². The number of hydrogen-bond donors (Lipinski definition) is 1. The Balaban J connectivity index is 1.99. The van der Waals surface area contributed by atoms with Crippen molar-refractivity contribution in [3.05, 3.63) is 22.2 Å². The molecule has 1 aromatic heterocycles. The fraction of sp³-hybridized carbons (Fsp3) is 0.667. The maximum atomic E-state index is 11.9. The third-order valence-electron chi connectivity index (χ3n) is 3.28. The van der Waals surface area contributed by atoms with Gasteiger partial charge in [-0.15, -0.1) is 4.74 Å². The van der Waals surface area contributed by atoms with Crippen LogP contribution in [0.1, 0.15) is 23.4 Å². The van der Waals surface area contributed by atoms with E-state index >= 15 is 0 Å². The Morgan fingerprint density at radius 2 is 2.39 bits per heavy atom. The predicted molar refractivity (Wildman–Crippen MR) is 66.5 cm³/mol. The van der Waals surface area contributed by atoms with Crippen molar-refractivity contribution in [1.29, 1.82) is 0 Å². The monoisotopic (exact) mass is 253 g/mol. The number of piperidine rings is 1. The first-order valence-corrected chi connectivity index (χ1v) is 6.25. The van der Waals surface area contributed by atoms with E-state index in [2.05, 4.69) is 0 Å². The Hall–Kier alpha value is -1.40. The maximum absolute atomic E-state index is 11.9. The molecule has 0 aromatic carbocycles. The summed E-state index contributed by atoms with van der Waals surface area (Å²) in [5, 5.41) is 0. The van der Waals surface area contributed by atoms with Crippen LogP contribution in [-0.2, 0) is 0 Å². The summed E-state index contributed by atoms with van der Waals surface area (Å²) in [6, 6.07) is 1.32. The summed E-state index contributed by atoms with van der Waals surface area (Å²) >= 11 is 0. The van der Waals surface area contributed by atoms with Crippen LogP contribution in [0, 0.1) is 12.8 Å². The highest BCUT2D eigenvalue weighted by molar-refractivity contribution is 5.79. The molecule has 1 fully saturated rings. The van der Waals surface area contributed by atoms with Crippen LogP contribution in [0.2, 0.25) is 0 Å². The molecule has 2 N–H and O–H groups in total. The Bertz CT molecular complexity index is 477. The molecule has 0 aliphatic carbocycles. The number of nitrogens with zero attached hydrogens (tertiary/aromatic N) is 2. The molecule has 1 atom stereocenters. The van der Waals surface area contributed by atoms with Crippen molar-refractivity contribution in [1.82, 2.24) is 9.64 Å². The van der Waals surface area contributed by atoms with Crippen LogP contribution >= 0.6 is 0 Å². The van der Waals surface area contributed by atoms with Gasteiger partial charge in [-0.05, 0) is 38.8 Å². The molecule has 0 radical (unpaired) electrons. The molecule has 2 rings (SSSR count). The highest BCUT2D eigenvalue weighted by Crippen LogP contribution is 2.14. The van der Waals surface area contributed by atoms with E-state index in [1.807, 2.05) is 4.90 Å². The van der Waals surface area contributed by atoms with Crippen LogP contribution in [-0.4, -0.2) is 41.7 Å². The molecule has 1 aliphatic rings. The molecule has 1 aliphatic heterocycles. The summed E-state index contributed by atoms with van der Waals surface area (Å²) in [4.78, 5) is 25.4. The van der Waals surface area contributed by atoms with Gasteiger partial charge in [-0.3, -0.25) is 14.5 Å². The Labute approximate surface area is 105 Å². The van der Waals surface area contributed by atoms with Gasteiger partial charge in [-0.25, -0.2) is 0 Å². The van der Waals surface area contributed by atoms with Crippen molar-refractivity contribution in [2.24, 2.45) is 11.7 Å². The number of likely N-dealkylation sites (tertiary alicyclic amines) is 1. The minimum Gasteiger partial charge on any atom is -0.373 e. The van der Waals surface area contributed by atoms with E-state index in [1.165, 1.54) is 6.07 Å². The van der Waals surface area contributed by atoms with Crippen molar-refractivity contribution in [3.8, 4) is 0 Å². The molecule has 1 saturated heterocycles. The molecule has 0 spiro atoms. The van der Waals surface area contributed by atoms with Gasteiger partial charge in [0, 0.05) is 12.6 Å². The fourth-order valence-corrected chi connectivity index (χ4v) is 2.36. The van der Waals surface area contributed by atoms with Crippen LogP contribution in [0.25, 0.3) is 0 Å². The molecular weight excluding hydrogens is 234 g/mol. The predicted octanol–water partition coefficient (Wildman–Crippen LogP) is 0.0606. The largest absolute Gasteiger partial charge is 0.373 e. The van der Waals surface area contributed by atoms with Crippen LogP contribution in [0.3, 0.4) is 0 Å². The number of hydrogen-bond acceptors (Lipinski definition) is 5. The average Bonchev–Trinajstić information content (AvgIpc) is 2.69. The molecule has 6 heteroatoms. The maximum Gasteiger partial charge on any atom is 0.290 e. The molecule has 0 saturated carbocycles. The summed E-state index contributed by atoms with van der Waals surface area (Å²) in [6.07, 6.45) is 2.15. The highest BCUT2D eigenvalue weighted by Gasteiger charge is 2.22. The number of aryl methyl sites for hydroxylation is 1. The first-order valence-electron chi connectivity index (χ1n) is 6.25. The normalized spacial score (nSPS) is 21.1. The average molecular weight is 253 g/mol. The molecule has 100 valence electrons. The van der Waals surface area contributed by atoms with E-state index in [0.717, 1.165) is 30.7 Å². The summed E-state index contributed by atoms with van der Waals surface area (Å²) in [7, 11) is 0. The van der Waals surface area contributed by atoms with Gasteiger partial charge in [0.1, 0.15) is 5.76 Å². The van der Waals surface area contributed by atoms with Gasteiger partial charge in [0.15, 0.2) is 0 Å². The van der Waals surface area contributed by atoms with Gasteiger partial charge < -0.3 is 10.3 Å². The van der Waals surface area contributed by atoms with Crippen LogP contribution in [0.4, 0.5) is 0 Å². The van der Waals surface area contributed by atoms with Crippen molar-refractivity contribution in [2.75, 3.05) is 26.2 Å². The molecular formula is C12H19N3O3. The minimum absolute atomic E-state index is 0.212. The second-order valence-corrected chi connectivity index (χ2v) is 4.85. The second-order valence-electron chi connectivity index (χ2n) is 4.85. The van der Waals surface area contributed by atoms with Crippen molar-refractivity contribution < 1.29 is 9.32 Å². The topological polar surface area (TPSA) is 81.5 Å². The molecule has 0 amide bonds. The van der Waals surface area contributed by atoms with E-state index in [-0.39, 0.29) is 12.5 Å². The summed E-state index contributed by atoms with van der Waals surface area (Å²) in [5.74, 6) is 0.583. The molecule has 1 unspecified atom stereocenters. The Morgan fingerprint density at radius 1 is 1.61 bits per heavy atom. The lowest BCUT2D eigenvalue weighted by Gasteiger charge is -2.31. The fourth-order valence-electron chi connectivity index (χ4n) is 2.36. The second kappa shape index (κ2) is 5.49. The van der Waals surface area contributed by atoms with Crippen LogP contribution in [0.15, 0.2) is 15.4 Å². The molecule has 18 heavy (non-hydrogen) atoms. The zero-order valence-corrected chi connectivity index (χ0v) is 10.6. The van der Waals surface area contributed by atoms with E-state index in [0.29, 0.717) is 18.2 Å². The number of nitrogens with two attached hydrogens (primary N) is 1. The quantitative estimate of drug-likeness (QED) is 0.823. The minimum atomic E-state index is -0.398. The smallest absolute Gasteiger partial charge is 0.290 e. The summed E-state index contributed by atoms with van der Waals surface area (Å²) in [6.45, 7) is 4.19. The third-order valence-corrected chi connectivity index (χ3v) is 3.28. The van der Waals surface area contributed by atoms with E-state index in [1.54, 1.807) is 6.92 Å². The Kier molecular flexibility index (Phi) is 3.98. The van der Waals surface area contributed by atoms with E-state index in [9.17, 15) is 9.59 Å². The van der Waals surface area contributed by atoms with Crippen LogP contribution < -0.4 is 11.3 Å². The third kappa shape index (κ3) is 2.88. The molecule has 6 nitrogen and oxygen atoms in total. The van der Waals surface area contributed by atoms with Crippen molar-refractivity contribution in [2.45, 2.75) is 19.8 Å². The molecule has 2 heterocycles. The summed E-state index contributed by atoms with van der Waals surface area (Å²) < 4.78 is 5.91. The number of rotatable bonds is 3. The van der Waals surface area contributed by atoms with Gasteiger partial charge in [-0.2, -0.15) is 0 Å². The first kappa shape index (κ1) is 13.0. The zero-order chi connectivity index (χ0) is 13.1. The summed E-state index contributed by atoms with van der Waals surface area (Å²) in [5.41, 5.74) is 5.25. The van der Waals surface area contributed by atoms with Gasteiger partial charge in [0.25, 0.3) is 11.5 Å².